The highest BCUT2D eigenvalue weighted by Gasteiger charge is 2.63. The molecule has 0 aromatic rings. The molecule has 22 heavy (non-hydrogen) atoms. The third kappa shape index (κ3) is 1.53. The number of fused-ring (bicyclic) bond motifs is 1. The summed E-state index contributed by atoms with van der Waals surface area (Å²) in [4.78, 5) is 2.43. The second kappa shape index (κ2) is 4.59. The molecule has 6 atom stereocenters. The van der Waals surface area contributed by atoms with Gasteiger partial charge >= 0.3 is 0 Å². The predicted molar refractivity (Wildman–Crippen MR) is 87.3 cm³/mol. The van der Waals surface area contributed by atoms with Gasteiger partial charge in [0.25, 0.3) is 0 Å². The molecule has 1 saturated heterocycles. The minimum Gasteiger partial charge on any atom is -0.508 e. The van der Waals surface area contributed by atoms with Gasteiger partial charge in [-0.3, -0.25) is 4.90 Å². The van der Waals surface area contributed by atoms with Gasteiger partial charge in [-0.2, -0.15) is 0 Å². The smallest absolute Gasteiger partial charge is 0.115 e. The molecule has 2 fully saturated rings. The lowest BCUT2D eigenvalue weighted by Gasteiger charge is -2.57. The van der Waals surface area contributed by atoms with Gasteiger partial charge in [0.05, 0.1) is 6.10 Å². The molecule has 3 heteroatoms. The maximum Gasteiger partial charge on any atom is 0.115 e. The number of likely N-dealkylation sites (N-methyl/N-ethyl adjacent to an activating group) is 1. The molecule has 0 radical (unpaired) electrons. The summed E-state index contributed by atoms with van der Waals surface area (Å²) in [5.74, 6) is 1.32. The van der Waals surface area contributed by atoms with Gasteiger partial charge in [-0.1, -0.05) is 25.2 Å². The zero-order valence-corrected chi connectivity index (χ0v) is 13.4. The number of piperidine rings is 1. The normalized spacial score (nSPS) is 44.6. The van der Waals surface area contributed by atoms with Crippen molar-refractivity contribution in [2.24, 2.45) is 23.2 Å². The first-order chi connectivity index (χ1) is 10.5. The molecule has 0 aromatic carbocycles. The van der Waals surface area contributed by atoms with E-state index >= 15 is 0 Å². The fraction of sp³-hybridized carbons (Fsp3) is 0.579. The summed E-state index contributed by atoms with van der Waals surface area (Å²) in [5, 5.41) is 21.0. The van der Waals surface area contributed by atoms with Crippen molar-refractivity contribution in [2.75, 3.05) is 13.6 Å². The molecule has 0 amide bonds. The lowest BCUT2D eigenvalue weighted by molar-refractivity contribution is -0.0656. The maximum atomic E-state index is 10.6. The Balaban J connectivity index is 1.93. The number of likely N-dealkylation sites (tertiary alicyclic amines) is 1. The van der Waals surface area contributed by atoms with Crippen LogP contribution >= 0.6 is 0 Å². The molecule has 3 aliphatic carbocycles. The van der Waals surface area contributed by atoms with E-state index in [1.807, 2.05) is 6.08 Å². The van der Waals surface area contributed by atoms with Gasteiger partial charge in [0.15, 0.2) is 0 Å². The molecule has 1 spiro atoms. The largest absolute Gasteiger partial charge is 0.508 e. The monoisotopic (exact) mass is 299 g/mol. The SMILES string of the molecule is C=C[C@H](O)[C@@H]1CC2=C(O)C=CC3=CC4C(C)C1(CCN4C)C32. The van der Waals surface area contributed by atoms with Crippen LogP contribution in [0, 0.1) is 23.2 Å². The highest BCUT2D eigenvalue weighted by molar-refractivity contribution is 5.49. The topological polar surface area (TPSA) is 43.7 Å². The third-order valence-corrected chi connectivity index (χ3v) is 6.90. The molecule has 4 unspecified atom stereocenters. The first kappa shape index (κ1) is 14.3. The third-order valence-electron chi connectivity index (χ3n) is 6.90. The van der Waals surface area contributed by atoms with Gasteiger partial charge in [-0.25, -0.2) is 0 Å². The van der Waals surface area contributed by atoms with Crippen LogP contribution in [0.4, 0.5) is 0 Å². The van der Waals surface area contributed by atoms with Gasteiger partial charge in [0.1, 0.15) is 5.76 Å². The second-order valence-electron chi connectivity index (χ2n) is 7.50. The summed E-state index contributed by atoms with van der Waals surface area (Å²) in [6.07, 6.45) is 9.34. The lowest BCUT2D eigenvalue weighted by atomic mass is 9.52. The average Bonchev–Trinajstić information content (AvgIpc) is 2.86. The van der Waals surface area contributed by atoms with E-state index in [2.05, 4.69) is 37.6 Å². The van der Waals surface area contributed by atoms with Crippen molar-refractivity contribution in [3.05, 3.63) is 47.8 Å². The number of rotatable bonds is 2. The Labute approximate surface area is 132 Å². The zero-order chi connectivity index (χ0) is 15.6. The van der Waals surface area contributed by atoms with Crippen LogP contribution in [-0.2, 0) is 0 Å². The minimum absolute atomic E-state index is 0.0446. The lowest BCUT2D eigenvalue weighted by Crippen LogP contribution is -2.59. The number of allylic oxidation sites excluding steroid dienone is 4. The Morgan fingerprint density at radius 1 is 1.45 bits per heavy atom. The molecule has 2 N–H and O–H groups in total. The Morgan fingerprint density at radius 3 is 2.95 bits per heavy atom. The van der Waals surface area contributed by atoms with Crippen LogP contribution in [0.2, 0.25) is 0 Å². The van der Waals surface area contributed by atoms with Crippen molar-refractivity contribution in [3.8, 4) is 0 Å². The van der Waals surface area contributed by atoms with Crippen molar-refractivity contribution >= 4 is 0 Å². The van der Waals surface area contributed by atoms with E-state index in [4.69, 9.17) is 0 Å². The van der Waals surface area contributed by atoms with Gasteiger partial charge in [0.2, 0.25) is 0 Å². The maximum absolute atomic E-state index is 10.6. The number of hydrogen-bond donors (Lipinski definition) is 2. The summed E-state index contributed by atoms with van der Waals surface area (Å²) in [5.41, 5.74) is 2.51. The second-order valence-corrected chi connectivity index (χ2v) is 7.50. The van der Waals surface area contributed by atoms with E-state index in [1.54, 1.807) is 6.08 Å². The van der Waals surface area contributed by atoms with Crippen LogP contribution in [0.3, 0.4) is 0 Å². The van der Waals surface area contributed by atoms with Crippen molar-refractivity contribution in [3.63, 3.8) is 0 Å². The van der Waals surface area contributed by atoms with Crippen LogP contribution in [0.1, 0.15) is 19.8 Å². The molecule has 3 nitrogen and oxygen atoms in total. The van der Waals surface area contributed by atoms with Gasteiger partial charge in [-0.05, 0) is 60.9 Å². The molecular formula is C19H25NO2. The minimum atomic E-state index is -0.503. The number of nitrogens with zero attached hydrogens (tertiary/aromatic N) is 1. The number of aliphatic hydroxyl groups excluding tert-OH is 2. The molecule has 1 saturated carbocycles. The standard InChI is InChI=1S/C19H25NO2/c1-4-16(21)14-10-13-17(22)6-5-12-9-15-11(2)19(14,18(12)13)7-8-20(15)3/h4-6,9,11,14-16,18,21-22H,1,7-8,10H2,2-3H3/t11?,14-,15?,16-,18?,19?/m0/s1. The summed E-state index contributed by atoms with van der Waals surface area (Å²) in [6, 6.07) is 0.420. The van der Waals surface area contributed by atoms with Crippen molar-refractivity contribution < 1.29 is 10.2 Å². The van der Waals surface area contributed by atoms with Gasteiger partial charge in [0, 0.05) is 12.0 Å². The van der Waals surface area contributed by atoms with E-state index in [1.165, 1.54) is 5.57 Å². The Hall–Kier alpha value is -1.32. The molecule has 2 bridgehead atoms. The summed E-state index contributed by atoms with van der Waals surface area (Å²) in [6.45, 7) is 7.20. The van der Waals surface area contributed by atoms with Crippen molar-refractivity contribution in [1.82, 2.24) is 4.90 Å². The molecule has 1 heterocycles. The number of hydrogen-bond acceptors (Lipinski definition) is 3. The van der Waals surface area contributed by atoms with E-state index in [-0.39, 0.29) is 17.3 Å². The van der Waals surface area contributed by atoms with E-state index in [9.17, 15) is 10.2 Å². The molecule has 1 aliphatic heterocycles. The Morgan fingerprint density at radius 2 is 2.23 bits per heavy atom. The van der Waals surface area contributed by atoms with E-state index in [0.717, 1.165) is 25.0 Å². The van der Waals surface area contributed by atoms with Crippen LogP contribution in [-0.4, -0.2) is 40.9 Å². The highest BCUT2D eigenvalue weighted by Crippen LogP contribution is 2.66. The van der Waals surface area contributed by atoms with Crippen LogP contribution in [0.15, 0.2) is 47.8 Å². The van der Waals surface area contributed by atoms with Crippen LogP contribution < -0.4 is 0 Å². The summed E-state index contributed by atoms with van der Waals surface area (Å²) in [7, 11) is 2.19. The molecule has 4 rings (SSSR count). The van der Waals surface area contributed by atoms with Crippen molar-refractivity contribution in [2.45, 2.75) is 31.9 Å². The Bertz CT molecular complexity index is 617. The molecular weight excluding hydrogens is 274 g/mol. The summed E-state index contributed by atoms with van der Waals surface area (Å²) < 4.78 is 0. The summed E-state index contributed by atoms with van der Waals surface area (Å²) >= 11 is 0. The Kier molecular flexibility index (Phi) is 2.98. The van der Waals surface area contributed by atoms with E-state index in [0.29, 0.717) is 17.7 Å². The van der Waals surface area contributed by atoms with Crippen LogP contribution in [0.5, 0.6) is 0 Å². The first-order valence-corrected chi connectivity index (χ1v) is 8.33. The first-order valence-electron chi connectivity index (χ1n) is 8.33. The number of aliphatic hydroxyl groups is 2. The van der Waals surface area contributed by atoms with Crippen LogP contribution in [0.25, 0.3) is 0 Å². The highest BCUT2D eigenvalue weighted by atomic mass is 16.3. The average molecular weight is 299 g/mol. The van der Waals surface area contributed by atoms with E-state index < -0.39 is 6.10 Å². The molecule has 0 aromatic heterocycles. The molecule has 118 valence electrons. The van der Waals surface area contributed by atoms with Gasteiger partial charge < -0.3 is 10.2 Å². The predicted octanol–water partition coefficient (Wildman–Crippen LogP) is 2.82. The van der Waals surface area contributed by atoms with Gasteiger partial charge in [-0.15, -0.1) is 6.58 Å². The fourth-order valence-corrected chi connectivity index (χ4v) is 5.83. The fourth-order valence-electron chi connectivity index (χ4n) is 5.83. The zero-order valence-electron chi connectivity index (χ0n) is 13.4. The van der Waals surface area contributed by atoms with Crippen molar-refractivity contribution in [1.29, 1.82) is 0 Å². The quantitative estimate of drug-likeness (QED) is 0.771. The molecule has 4 aliphatic rings.